The Kier molecular flexibility index (Phi) is 3.50. The summed E-state index contributed by atoms with van der Waals surface area (Å²) < 4.78 is 0. The van der Waals surface area contributed by atoms with Crippen molar-refractivity contribution < 1.29 is 9.90 Å². The van der Waals surface area contributed by atoms with Gasteiger partial charge in [-0.15, -0.1) is 0 Å². The van der Waals surface area contributed by atoms with Crippen LogP contribution in [0.2, 0.25) is 0 Å². The molecule has 1 heterocycles. The Hall–Kier alpha value is -0.610. The molecule has 0 aromatic rings. The smallest absolute Gasteiger partial charge is 0.226 e. The molecule has 0 aromatic heterocycles. The number of carbonyl (C=O) groups excluding carboxylic acids is 1. The second-order valence-corrected chi connectivity index (χ2v) is 5.26. The van der Waals surface area contributed by atoms with Gasteiger partial charge in [-0.1, -0.05) is 13.3 Å². The van der Waals surface area contributed by atoms with Gasteiger partial charge in [0, 0.05) is 26.1 Å². The van der Waals surface area contributed by atoms with Gasteiger partial charge in [-0.3, -0.25) is 4.79 Å². The van der Waals surface area contributed by atoms with Crippen LogP contribution in [0.4, 0.5) is 0 Å². The fourth-order valence-electron chi connectivity index (χ4n) is 2.98. The number of carbonyl (C=O) groups is 1. The highest BCUT2D eigenvalue weighted by Gasteiger charge is 2.37. The highest BCUT2D eigenvalue weighted by Crippen LogP contribution is 2.32. The monoisotopic (exact) mass is 226 g/mol. The lowest BCUT2D eigenvalue weighted by molar-refractivity contribution is -0.138. The molecule has 92 valence electrons. The molecule has 2 fully saturated rings. The molecular formula is C12H22N2O2. The normalized spacial score (nSPS) is 38.9. The molecule has 2 N–H and O–H groups in total. The van der Waals surface area contributed by atoms with Crippen molar-refractivity contribution in [2.45, 2.75) is 38.3 Å². The first-order chi connectivity index (χ1) is 7.61. The molecule has 0 bridgehead atoms. The Bertz CT molecular complexity index is 270. The molecule has 0 radical (unpaired) electrons. The zero-order valence-corrected chi connectivity index (χ0v) is 10.1. The summed E-state index contributed by atoms with van der Waals surface area (Å²) in [6.07, 6.45) is 2.93. The lowest BCUT2D eigenvalue weighted by atomic mass is 9.96. The van der Waals surface area contributed by atoms with Gasteiger partial charge in [0.25, 0.3) is 0 Å². The van der Waals surface area contributed by atoms with Crippen LogP contribution in [0.15, 0.2) is 0 Å². The summed E-state index contributed by atoms with van der Waals surface area (Å²) in [5, 5.41) is 12.9. The molecule has 0 spiro atoms. The number of amides is 1. The predicted octanol–water partition coefficient (Wildman–Crippen LogP) is 0.214. The summed E-state index contributed by atoms with van der Waals surface area (Å²) in [7, 11) is 1.83. The first-order valence-electron chi connectivity index (χ1n) is 6.26. The van der Waals surface area contributed by atoms with Crippen LogP contribution in [0.3, 0.4) is 0 Å². The third-order valence-electron chi connectivity index (χ3n) is 4.17. The van der Waals surface area contributed by atoms with Crippen LogP contribution in [0.5, 0.6) is 0 Å². The van der Waals surface area contributed by atoms with E-state index in [0.29, 0.717) is 19.0 Å². The van der Waals surface area contributed by atoms with Crippen molar-refractivity contribution in [2.75, 3.05) is 20.1 Å². The van der Waals surface area contributed by atoms with E-state index in [-0.39, 0.29) is 17.9 Å². The molecule has 1 saturated carbocycles. The van der Waals surface area contributed by atoms with E-state index in [4.69, 9.17) is 0 Å². The minimum Gasteiger partial charge on any atom is -0.390 e. The average Bonchev–Trinajstić information content (AvgIpc) is 2.85. The molecule has 4 nitrogen and oxygen atoms in total. The maximum absolute atomic E-state index is 12.3. The number of likely N-dealkylation sites (N-methyl/N-ethyl adjacent to an activating group) is 1. The van der Waals surface area contributed by atoms with E-state index >= 15 is 0 Å². The van der Waals surface area contributed by atoms with Gasteiger partial charge in [-0.05, 0) is 18.8 Å². The molecule has 1 amide bonds. The Balaban J connectivity index is 1.98. The van der Waals surface area contributed by atoms with E-state index in [0.717, 1.165) is 19.3 Å². The van der Waals surface area contributed by atoms with Gasteiger partial charge in [-0.25, -0.2) is 0 Å². The number of hydrogen-bond donors (Lipinski definition) is 2. The standard InChI is InChI=1S/C12H22N2O2/c1-8-4-3-5-9(8)12(16)14(2)10-6-13-7-11(10)15/h8-11,13,15H,3-7H2,1-2H3/t8?,9?,10-,11-/m0/s1. The second kappa shape index (κ2) is 4.72. The van der Waals surface area contributed by atoms with Crippen LogP contribution in [0.1, 0.15) is 26.2 Å². The van der Waals surface area contributed by atoms with E-state index < -0.39 is 6.10 Å². The highest BCUT2D eigenvalue weighted by atomic mass is 16.3. The number of rotatable bonds is 2. The molecule has 1 aliphatic carbocycles. The van der Waals surface area contributed by atoms with Gasteiger partial charge in [0.05, 0.1) is 12.1 Å². The van der Waals surface area contributed by atoms with Gasteiger partial charge >= 0.3 is 0 Å². The van der Waals surface area contributed by atoms with Gasteiger partial charge in [0.2, 0.25) is 5.91 Å². The maximum Gasteiger partial charge on any atom is 0.226 e. The fraction of sp³-hybridized carbons (Fsp3) is 0.917. The number of nitrogens with one attached hydrogen (secondary N) is 1. The summed E-state index contributed by atoms with van der Waals surface area (Å²) in [6, 6.07) is -0.0414. The average molecular weight is 226 g/mol. The van der Waals surface area contributed by atoms with Crippen molar-refractivity contribution >= 4 is 5.91 Å². The van der Waals surface area contributed by atoms with Crippen LogP contribution >= 0.6 is 0 Å². The predicted molar refractivity (Wildman–Crippen MR) is 61.9 cm³/mol. The first kappa shape index (κ1) is 11.9. The van der Waals surface area contributed by atoms with E-state index in [2.05, 4.69) is 12.2 Å². The van der Waals surface area contributed by atoms with Crippen molar-refractivity contribution in [3.63, 3.8) is 0 Å². The largest absolute Gasteiger partial charge is 0.390 e. The van der Waals surface area contributed by atoms with Crippen molar-refractivity contribution in [2.24, 2.45) is 11.8 Å². The minimum atomic E-state index is -0.411. The molecule has 2 unspecified atom stereocenters. The van der Waals surface area contributed by atoms with Crippen molar-refractivity contribution in [1.29, 1.82) is 0 Å². The molecule has 4 atom stereocenters. The summed E-state index contributed by atoms with van der Waals surface area (Å²) in [5.41, 5.74) is 0. The zero-order valence-electron chi connectivity index (χ0n) is 10.1. The molecule has 1 saturated heterocycles. The number of aliphatic hydroxyl groups excluding tert-OH is 1. The van der Waals surface area contributed by atoms with E-state index in [1.54, 1.807) is 4.90 Å². The van der Waals surface area contributed by atoms with Gasteiger partial charge in [0.1, 0.15) is 0 Å². The molecule has 4 heteroatoms. The van der Waals surface area contributed by atoms with E-state index in [9.17, 15) is 9.90 Å². The van der Waals surface area contributed by atoms with E-state index in [1.165, 1.54) is 0 Å². The Morgan fingerprint density at radius 3 is 2.62 bits per heavy atom. The third-order valence-corrected chi connectivity index (χ3v) is 4.17. The number of aliphatic hydroxyl groups is 1. The molecule has 1 aliphatic heterocycles. The topological polar surface area (TPSA) is 52.6 Å². The SMILES string of the molecule is CC1CCCC1C(=O)N(C)[C@H]1CNC[C@@H]1O. The van der Waals surface area contributed by atoms with Crippen molar-refractivity contribution in [3.05, 3.63) is 0 Å². The summed E-state index contributed by atoms with van der Waals surface area (Å²) in [5.74, 6) is 0.900. The van der Waals surface area contributed by atoms with Gasteiger partial charge < -0.3 is 15.3 Å². The first-order valence-corrected chi connectivity index (χ1v) is 6.26. The minimum absolute atomic E-state index is 0.0414. The number of nitrogens with zero attached hydrogens (tertiary/aromatic N) is 1. The summed E-state index contributed by atoms with van der Waals surface area (Å²) >= 11 is 0. The van der Waals surface area contributed by atoms with Crippen molar-refractivity contribution in [1.82, 2.24) is 10.2 Å². The van der Waals surface area contributed by atoms with Crippen molar-refractivity contribution in [3.8, 4) is 0 Å². The molecule has 2 aliphatic rings. The van der Waals surface area contributed by atoms with Crippen LogP contribution in [0.25, 0.3) is 0 Å². The fourth-order valence-corrected chi connectivity index (χ4v) is 2.98. The summed E-state index contributed by atoms with van der Waals surface area (Å²) in [4.78, 5) is 14.0. The van der Waals surface area contributed by atoms with E-state index in [1.807, 2.05) is 7.05 Å². The van der Waals surface area contributed by atoms with Gasteiger partial charge in [-0.2, -0.15) is 0 Å². The molecule has 2 rings (SSSR count). The maximum atomic E-state index is 12.3. The van der Waals surface area contributed by atoms with Gasteiger partial charge in [0.15, 0.2) is 0 Å². The Morgan fingerprint density at radius 2 is 2.12 bits per heavy atom. The second-order valence-electron chi connectivity index (χ2n) is 5.26. The number of β-amino-alcohol motifs (C(OH)–C–C–N with tert-alkyl or cyclic N) is 1. The zero-order chi connectivity index (χ0) is 11.7. The molecular weight excluding hydrogens is 204 g/mol. The number of hydrogen-bond acceptors (Lipinski definition) is 3. The van der Waals surface area contributed by atoms with Crippen LogP contribution in [0, 0.1) is 11.8 Å². The third kappa shape index (κ3) is 2.09. The van der Waals surface area contributed by atoms with Crippen LogP contribution < -0.4 is 5.32 Å². The lowest BCUT2D eigenvalue weighted by Crippen LogP contribution is -2.47. The Labute approximate surface area is 97.0 Å². The Morgan fingerprint density at radius 1 is 1.38 bits per heavy atom. The quantitative estimate of drug-likeness (QED) is 0.708. The van der Waals surface area contributed by atoms with Crippen LogP contribution in [-0.2, 0) is 4.79 Å². The molecule has 0 aromatic carbocycles. The lowest BCUT2D eigenvalue weighted by Gasteiger charge is -2.30. The highest BCUT2D eigenvalue weighted by molar-refractivity contribution is 5.79. The van der Waals surface area contributed by atoms with Crippen LogP contribution in [-0.4, -0.2) is 48.2 Å². The summed E-state index contributed by atoms with van der Waals surface area (Å²) in [6.45, 7) is 3.47. The molecule has 16 heavy (non-hydrogen) atoms.